The molecule has 14 nitrogen and oxygen atoms in total. The number of fused-ring (bicyclic) bond motifs is 1. The molecular weight excluding hydrogens is 2220 g/mol. The number of hydrogen-bond acceptors (Lipinski definition) is 15. The first-order valence-electron chi connectivity index (χ1n) is 36.2. The van der Waals surface area contributed by atoms with Crippen molar-refractivity contribution < 1.29 is 167 Å². The fraction of sp³-hybridized carbons (Fsp3) is 0.115. The molecule has 26 heteroatoms. The average molecular weight is 2300 g/mol. The molecule has 16 rings (SSSR count). The number of carboxylic acid groups (broad SMARTS) is 1. The number of hydrogen-bond donors (Lipinski definition) is 5. The minimum atomic E-state index is -0.990. The number of nitrogens with zero attached hydrogens (tertiary/aromatic N) is 8. The normalized spacial score (nSPS) is 10.5. The van der Waals surface area contributed by atoms with Gasteiger partial charge in [0.2, 0.25) is 0 Å². The molecule has 16 aromatic rings. The third-order valence-electron chi connectivity index (χ3n) is 14.9. The predicted molar refractivity (Wildman–Crippen MR) is 454 cm³/mol. The van der Waals surface area contributed by atoms with Crippen molar-refractivity contribution in [3.05, 3.63) is 412 Å². The van der Waals surface area contributed by atoms with Crippen LogP contribution >= 0.6 is 22.7 Å². The monoisotopic (exact) mass is 2300 g/mol. The number of carboxylic acids is 1. The number of aromatic carboxylic acids is 1. The summed E-state index contributed by atoms with van der Waals surface area (Å²) in [4.78, 5) is 45.1. The number of thiophene rings is 2. The first-order valence-corrected chi connectivity index (χ1v) is 37.9. The summed E-state index contributed by atoms with van der Waals surface area (Å²) >= 11 is 3.39. The topological polar surface area (TPSA) is 221 Å². The molecule has 5 N–H and O–H groups in total. The van der Waals surface area contributed by atoms with E-state index in [-0.39, 0.29) is 161 Å². The van der Waals surface area contributed by atoms with E-state index >= 15 is 0 Å². The number of aliphatic hydroxyl groups excluding tert-OH is 4. The van der Waals surface area contributed by atoms with Gasteiger partial charge in [0, 0.05) is 198 Å². The van der Waals surface area contributed by atoms with E-state index in [1.807, 2.05) is 181 Å². The molecule has 646 valence electrons. The number of aliphatic hydroxyl groups is 4. The van der Waals surface area contributed by atoms with Crippen LogP contribution in [0.5, 0.6) is 0 Å². The second-order valence-corrected chi connectivity index (χ2v) is 26.5. The summed E-state index contributed by atoms with van der Waals surface area (Å²) in [6.07, 6.45) is 15.7. The van der Waals surface area contributed by atoms with Gasteiger partial charge in [-0.15, -0.1) is 167 Å². The molecule has 0 saturated carbocycles. The summed E-state index contributed by atoms with van der Waals surface area (Å²) in [6.45, 7) is 10.3. The summed E-state index contributed by atoms with van der Waals surface area (Å²) in [5, 5.41) is 45.7. The largest absolute Gasteiger partial charge is 0.477 e. The Hall–Kier alpha value is -9.21. The molecule has 4 radical (unpaired) electrons. The average Bonchev–Trinajstić information content (AvgIpc) is 1.64. The summed E-state index contributed by atoms with van der Waals surface area (Å²) in [5.41, 5.74) is 10.6. The van der Waals surface area contributed by atoms with Crippen LogP contribution in [0.2, 0.25) is 0 Å². The maximum absolute atomic E-state index is 13.2. The number of pyridine rings is 8. The molecular formula is C96H83F4IrN8O6Pd2Rh3S2-7. The van der Waals surface area contributed by atoms with Gasteiger partial charge in [-0.25, -0.2) is 32.5 Å². The fourth-order valence-electron chi connectivity index (χ4n) is 9.77. The van der Waals surface area contributed by atoms with Crippen LogP contribution in [0, 0.1) is 65.7 Å². The molecule has 6 aromatic carbocycles. The zero-order valence-electron chi connectivity index (χ0n) is 65.8. The Labute approximate surface area is 798 Å². The molecule has 10 aromatic heterocycles. The van der Waals surface area contributed by atoms with Gasteiger partial charge in [-0.1, -0.05) is 137 Å². The number of rotatable bonds is 14. The minimum absolute atomic E-state index is 0. The third kappa shape index (κ3) is 43.2. The van der Waals surface area contributed by atoms with Crippen molar-refractivity contribution in [1.29, 1.82) is 0 Å². The van der Waals surface area contributed by atoms with Crippen LogP contribution in [0.3, 0.4) is 0 Å². The van der Waals surface area contributed by atoms with Gasteiger partial charge in [-0.2, -0.15) is 12.1 Å². The van der Waals surface area contributed by atoms with Crippen molar-refractivity contribution in [2.45, 2.75) is 71.4 Å². The zero-order valence-corrected chi connectivity index (χ0v) is 77.9. The standard InChI is InChI=1S/C14H12N.C13H8NS.2C11H6F2N.2C11H8N.C9H6NS.C6H5NO2.2C5H12O2.Ir.2Pd.3Rh/c1-2-5-12-7-9-13(10-8-12)14-6-3-4-11-15-14;1-2-7-12-10(5-1)9-13(15-12)11-6-3-4-8-14-11;2*12-8-4-5-9(10(13)7-8)11-3-1-2-6-14-11;2*1-2-6-10(7-3-1)11-8-4-5-9-12-11;1-2-6-10-8(4-1)9-5-3-7-11-9;8-6(9)5-3-1-2-4-7-5;2*1-4(6)3-5(2)7;;;;;;/h2-4,6-9,11H,1,5H2;1-8H;2*1-4,6-7H;2*1-6,8-9H;1-4,6-7H;1-4H,(H,8,9);2*4-7H,3H2,1-2H3;;;;;;/q7*-1;;;;;;;;;. The molecule has 0 spiro atoms. The van der Waals surface area contributed by atoms with Gasteiger partial charge < -0.3 is 60.4 Å². The van der Waals surface area contributed by atoms with Crippen LogP contribution in [0.1, 0.15) is 56.6 Å². The SMILES string of the molecule is C=CCc1c[c-]c(-c2ccccn2)cc1.CC(O)CC(C)O.CC(O)CC(C)O.Fc1c[c-]c(-c2ccccn2)c(F)c1.Fc1c[c-]c(-c2ccccn2)c(F)c1.O=C(O)c1ccccn1.[Ir].[Pd].[Pd].[Rh].[Rh].[Rh].[c-]1c(-c2ccccn2)sc2ccccc12.[c-]1ccccc1-c1ccccn1.[c-]1ccccc1-c1ccccn1.[c-]1ccsc1-c1ccccn1. The molecule has 10 heterocycles. The molecule has 0 amide bonds. The van der Waals surface area contributed by atoms with Crippen molar-refractivity contribution in [3.63, 3.8) is 0 Å². The smallest absolute Gasteiger partial charge is 0.354 e. The van der Waals surface area contributed by atoms with Crippen molar-refractivity contribution in [2.75, 3.05) is 0 Å². The van der Waals surface area contributed by atoms with E-state index in [4.69, 9.17) is 25.5 Å². The number of aromatic nitrogens is 8. The Morgan fingerprint density at radius 3 is 1.07 bits per heavy atom. The second kappa shape index (κ2) is 64.6. The Kier molecular flexibility index (Phi) is 58.6. The van der Waals surface area contributed by atoms with Crippen molar-refractivity contribution in [1.82, 2.24) is 39.9 Å². The van der Waals surface area contributed by atoms with Gasteiger partial charge >= 0.3 is 5.97 Å². The van der Waals surface area contributed by atoms with Crippen LogP contribution in [0.15, 0.2) is 335 Å². The van der Waals surface area contributed by atoms with Gasteiger partial charge in [-0.05, 0) is 145 Å². The van der Waals surface area contributed by atoms with Gasteiger partial charge in [-0.3, -0.25) is 17.6 Å². The van der Waals surface area contributed by atoms with Gasteiger partial charge in [0.05, 0.1) is 24.4 Å². The first-order chi connectivity index (χ1) is 56.3. The van der Waals surface area contributed by atoms with E-state index in [1.54, 1.807) is 136 Å². The number of carbonyl (C=O) groups is 1. The Morgan fingerprint density at radius 1 is 0.410 bits per heavy atom. The molecule has 4 atom stereocenters. The number of halogens is 4. The first kappa shape index (κ1) is 111. The number of benzene rings is 6. The van der Waals surface area contributed by atoms with Crippen LogP contribution in [-0.2, 0) is 126 Å². The van der Waals surface area contributed by atoms with Crippen molar-refractivity contribution in [2.24, 2.45) is 0 Å². The van der Waals surface area contributed by atoms with Crippen molar-refractivity contribution in [3.8, 4) is 77.4 Å². The van der Waals surface area contributed by atoms with Crippen LogP contribution in [0.4, 0.5) is 17.6 Å². The van der Waals surface area contributed by atoms with Crippen LogP contribution < -0.4 is 0 Å². The Bertz CT molecular complexity index is 5050. The van der Waals surface area contributed by atoms with E-state index in [2.05, 4.69) is 113 Å². The summed E-state index contributed by atoms with van der Waals surface area (Å²) in [5.74, 6) is -3.56. The molecule has 0 bridgehead atoms. The Morgan fingerprint density at radius 2 is 0.770 bits per heavy atom. The maximum atomic E-state index is 13.2. The second-order valence-electron chi connectivity index (χ2n) is 24.6. The van der Waals surface area contributed by atoms with Gasteiger partial charge in [0.15, 0.2) is 0 Å². The van der Waals surface area contributed by atoms with E-state index in [0.717, 1.165) is 85.6 Å². The predicted octanol–water partition coefficient (Wildman–Crippen LogP) is 21.4. The van der Waals surface area contributed by atoms with E-state index < -0.39 is 29.2 Å². The van der Waals surface area contributed by atoms with Crippen molar-refractivity contribution >= 4 is 38.7 Å². The Balaban J connectivity index is 0.000000680. The van der Waals surface area contributed by atoms with Gasteiger partial charge in [0.1, 0.15) is 5.69 Å². The third-order valence-corrected chi connectivity index (χ3v) is 16.8. The number of allylic oxidation sites excluding steroid dienone is 1. The van der Waals surface area contributed by atoms with Crippen LogP contribution in [-0.4, -0.2) is 95.8 Å². The molecule has 0 aliphatic rings. The molecule has 0 aliphatic carbocycles. The van der Waals surface area contributed by atoms with Crippen LogP contribution in [0.25, 0.3) is 87.5 Å². The zero-order chi connectivity index (χ0) is 82.9. The summed E-state index contributed by atoms with van der Waals surface area (Å²) < 4.78 is 52.9. The molecule has 122 heavy (non-hydrogen) atoms. The minimum Gasteiger partial charge on any atom is -0.477 e. The summed E-state index contributed by atoms with van der Waals surface area (Å²) in [6, 6.07) is 101. The van der Waals surface area contributed by atoms with E-state index in [0.29, 0.717) is 24.2 Å². The molecule has 0 fully saturated rings. The van der Waals surface area contributed by atoms with E-state index in [1.165, 1.54) is 27.9 Å². The van der Waals surface area contributed by atoms with E-state index in [9.17, 15) is 22.4 Å². The fourth-order valence-corrected chi connectivity index (χ4v) is 11.4. The molecule has 0 saturated heterocycles. The van der Waals surface area contributed by atoms with Gasteiger partial charge in [0.25, 0.3) is 0 Å². The summed E-state index contributed by atoms with van der Waals surface area (Å²) in [7, 11) is 0. The quantitative estimate of drug-likeness (QED) is 0.0296. The molecule has 4 unspecified atom stereocenters. The maximum Gasteiger partial charge on any atom is 0.354 e. The molecule has 0 aliphatic heterocycles.